The molecule has 1 saturated heterocycles. The summed E-state index contributed by atoms with van der Waals surface area (Å²) in [5.74, 6) is 0.542. The van der Waals surface area contributed by atoms with E-state index in [9.17, 15) is 9.59 Å². The van der Waals surface area contributed by atoms with Crippen molar-refractivity contribution in [2.75, 3.05) is 18.4 Å². The minimum Gasteiger partial charge on any atom is -0.343 e. The number of anilines is 1. The van der Waals surface area contributed by atoms with Crippen molar-refractivity contribution in [1.82, 2.24) is 14.7 Å². The SMILES string of the molecule is Cc1ccc(-n2nc(C(C)(C)C)cc2NC(=O)CCC(=O)N2CCCCC2)cc1. The number of carbonyl (C=O) groups excluding carboxylic acids is 2. The van der Waals surface area contributed by atoms with Gasteiger partial charge in [-0.05, 0) is 38.3 Å². The lowest BCUT2D eigenvalue weighted by atomic mass is 9.92. The van der Waals surface area contributed by atoms with Gasteiger partial charge < -0.3 is 10.2 Å². The van der Waals surface area contributed by atoms with E-state index in [-0.39, 0.29) is 30.1 Å². The Bertz CT molecular complexity index is 856. The van der Waals surface area contributed by atoms with Crippen molar-refractivity contribution in [2.24, 2.45) is 0 Å². The molecule has 0 radical (unpaired) electrons. The molecule has 0 unspecified atom stereocenters. The van der Waals surface area contributed by atoms with E-state index in [1.165, 1.54) is 12.0 Å². The van der Waals surface area contributed by atoms with Gasteiger partial charge >= 0.3 is 0 Å². The Kier molecular flexibility index (Phi) is 6.40. The molecule has 1 fully saturated rings. The Labute approximate surface area is 173 Å². The lowest BCUT2D eigenvalue weighted by molar-refractivity contribution is -0.133. The van der Waals surface area contributed by atoms with Crippen molar-refractivity contribution in [2.45, 2.75) is 65.2 Å². The van der Waals surface area contributed by atoms with Crippen LogP contribution in [0.15, 0.2) is 30.3 Å². The third-order valence-electron chi connectivity index (χ3n) is 5.30. The third kappa shape index (κ3) is 5.46. The highest BCUT2D eigenvalue weighted by Crippen LogP contribution is 2.26. The molecule has 1 aromatic heterocycles. The second-order valence-electron chi connectivity index (χ2n) is 8.90. The van der Waals surface area contributed by atoms with E-state index in [0.717, 1.165) is 37.3 Å². The van der Waals surface area contributed by atoms with Crippen LogP contribution < -0.4 is 5.32 Å². The van der Waals surface area contributed by atoms with Gasteiger partial charge in [-0.2, -0.15) is 5.10 Å². The van der Waals surface area contributed by atoms with E-state index >= 15 is 0 Å². The largest absolute Gasteiger partial charge is 0.343 e. The highest BCUT2D eigenvalue weighted by atomic mass is 16.2. The lowest BCUT2D eigenvalue weighted by Gasteiger charge is -2.26. The fraction of sp³-hybridized carbons (Fsp3) is 0.522. The minimum absolute atomic E-state index is 0.0715. The van der Waals surface area contributed by atoms with Gasteiger partial charge in [-0.1, -0.05) is 38.5 Å². The number of aryl methyl sites for hydroxylation is 1. The summed E-state index contributed by atoms with van der Waals surface area (Å²) >= 11 is 0. The van der Waals surface area contributed by atoms with E-state index in [2.05, 4.69) is 26.1 Å². The zero-order valence-electron chi connectivity index (χ0n) is 18.0. The van der Waals surface area contributed by atoms with Crippen LogP contribution in [0.4, 0.5) is 5.82 Å². The number of carbonyl (C=O) groups is 2. The van der Waals surface area contributed by atoms with E-state index in [4.69, 9.17) is 5.10 Å². The molecule has 6 heteroatoms. The number of hydrogen-bond donors (Lipinski definition) is 1. The topological polar surface area (TPSA) is 67.2 Å². The molecule has 6 nitrogen and oxygen atoms in total. The highest BCUT2D eigenvalue weighted by molar-refractivity contribution is 5.92. The summed E-state index contributed by atoms with van der Waals surface area (Å²) in [6, 6.07) is 9.95. The molecule has 1 N–H and O–H groups in total. The van der Waals surface area contributed by atoms with Crippen LogP contribution >= 0.6 is 0 Å². The normalized spacial score (nSPS) is 14.7. The van der Waals surface area contributed by atoms with Crippen LogP contribution in [0.3, 0.4) is 0 Å². The maximum atomic E-state index is 12.6. The second kappa shape index (κ2) is 8.80. The number of rotatable bonds is 5. The van der Waals surface area contributed by atoms with Crippen LogP contribution in [-0.2, 0) is 15.0 Å². The summed E-state index contributed by atoms with van der Waals surface area (Å²) in [4.78, 5) is 26.8. The molecule has 0 saturated carbocycles. The van der Waals surface area contributed by atoms with Crippen molar-refractivity contribution < 1.29 is 9.59 Å². The summed E-state index contributed by atoms with van der Waals surface area (Å²) in [5.41, 5.74) is 2.82. The Morgan fingerprint density at radius 1 is 1.03 bits per heavy atom. The monoisotopic (exact) mass is 396 g/mol. The summed E-state index contributed by atoms with van der Waals surface area (Å²) in [6.45, 7) is 9.95. The first-order chi connectivity index (χ1) is 13.7. The molecule has 0 atom stereocenters. The molecule has 2 heterocycles. The number of nitrogens with one attached hydrogen (secondary N) is 1. The third-order valence-corrected chi connectivity index (χ3v) is 5.30. The zero-order chi connectivity index (χ0) is 21.0. The quantitative estimate of drug-likeness (QED) is 0.823. The van der Waals surface area contributed by atoms with E-state index < -0.39 is 0 Å². The minimum atomic E-state index is -0.163. The fourth-order valence-electron chi connectivity index (χ4n) is 3.45. The van der Waals surface area contributed by atoms with Gasteiger partial charge in [0.25, 0.3) is 0 Å². The summed E-state index contributed by atoms with van der Waals surface area (Å²) in [5, 5.41) is 7.70. The number of benzene rings is 1. The molecule has 0 spiro atoms. The first kappa shape index (κ1) is 21.1. The molecule has 0 bridgehead atoms. The van der Waals surface area contributed by atoms with Crippen LogP contribution in [0.1, 0.15) is 64.1 Å². The molecule has 0 aliphatic carbocycles. The van der Waals surface area contributed by atoms with Gasteiger partial charge in [0.2, 0.25) is 11.8 Å². The van der Waals surface area contributed by atoms with Crippen LogP contribution in [0.5, 0.6) is 0 Å². The van der Waals surface area contributed by atoms with Gasteiger partial charge in [-0.3, -0.25) is 9.59 Å². The predicted molar refractivity (Wildman–Crippen MR) is 115 cm³/mol. The molecule has 1 aliphatic rings. The Morgan fingerprint density at radius 2 is 1.69 bits per heavy atom. The van der Waals surface area contributed by atoms with Gasteiger partial charge in [-0.15, -0.1) is 0 Å². The van der Waals surface area contributed by atoms with Gasteiger partial charge in [0.15, 0.2) is 0 Å². The van der Waals surface area contributed by atoms with Crippen molar-refractivity contribution in [3.63, 3.8) is 0 Å². The van der Waals surface area contributed by atoms with Crippen molar-refractivity contribution in [3.8, 4) is 5.69 Å². The van der Waals surface area contributed by atoms with Gasteiger partial charge in [-0.25, -0.2) is 4.68 Å². The van der Waals surface area contributed by atoms with Crippen molar-refractivity contribution >= 4 is 17.6 Å². The van der Waals surface area contributed by atoms with Gasteiger partial charge in [0.1, 0.15) is 5.82 Å². The molecule has 2 amide bonds. The molecule has 1 aromatic carbocycles. The smallest absolute Gasteiger partial charge is 0.226 e. The maximum absolute atomic E-state index is 12.6. The number of hydrogen-bond acceptors (Lipinski definition) is 3. The first-order valence-electron chi connectivity index (χ1n) is 10.5. The zero-order valence-corrected chi connectivity index (χ0v) is 18.0. The number of piperidine rings is 1. The molecular formula is C23H32N4O2. The number of nitrogens with zero attached hydrogens (tertiary/aromatic N) is 3. The summed E-state index contributed by atoms with van der Waals surface area (Å²) in [7, 11) is 0. The van der Waals surface area contributed by atoms with E-state index in [1.54, 1.807) is 4.68 Å². The van der Waals surface area contributed by atoms with Gasteiger partial charge in [0.05, 0.1) is 11.4 Å². The number of likely N-dealkylation sites (tertiary alicyclic amines) is 1. The number of amides is 2. The van der Waals surface area contributed by atoms with Crippen LogP contribution in [0.2, 0.25) is 0 Å². The molecular weight excluding hydrogens is 364 g/mol. The molecule has 156 valence electrons. The first-order valence-corrected chi connectivity index (χ1v) is 10.5. The lowest BCUT2D eigenvalue weighted by Crippen LogP contribution is -2.36. The van der Waals surface area contributed by atoms with E-state index in [0.29, 0.717) is 5.82 Å². The molecule has 3 rings (SSSR count). The van der Waals surface area contributed by atoms with Crippen LogP contribution in [0, 0.1) is 6.92 Å². The standard InChI is InChI=1S/C23H32N4O2/c1-17-8-10-18(11-9-17)27-20(16-19(25-27)23(2,3)4)24-21(28)12-13-22(29)26-14-6-5-7-15-26/h8-11,16H,5-7,12-15H2,1-4H3,(H,24,28). The predicted octanol–water partition coefficient (Wildman–Crippen LogP) is 4.21. The molecule has 29 heavy (non-hydrogen) atoms. The van der Waals surface area contributed by atoms with Crippen molar-refractivity contribution in [1.29, 1.82) is 0 Å². The number of aromatic nitrogens is 2. The van der Waals surface area contributed by atoms with E-state index in [1.807, 2.05) is 42.2 Å². The summed E-state index contributed by atoms with van der Waals surface area (Å²) in [6.07, 6.45) is 3.73. The van der Waals surface area contributed by atoms with Crippen LogP contribution in [0.25, 0.3) is 5.69 Å². The average Bonchev–Trinajstić information content (AvgIpc) is 3.11. The maximum Gasteiger partial charge on any atom is 0.226 e. The summed E-state index contributed by atoms with van der Waals surface area (Å²) < 4.78 is 1.77. The van der Waals surface area contributed by atoms with Crippen LogP contribution in [-0.4, -0.2) is 39.6 Å². The Hall–Kier alpha value is -2.63. The Balaban J connectivity index is 1.71. The fourth-order valence-corrected chi connectivity index (χ4v) is 3.45. The van der Waals surface area contributed by atoms with Gasteiger partial charge in [0, 0.05) is 37.4 Å². The van der Waals surface area contributed by atoms with Crippen molar-refractivity contribution in [3.05, 3.63) is 41.6 Å². The second-order valence-corrected chi connectivity index (χ2v) is 8.90. The molecule has 1 aliphatic heterocycles. The molecule has 2 aromatic rings. The highest BCUT2D eigenvalue weighted by Gasteiger charge is 2.22. The average molecular weight is 397 g/mol. The Morgan fingerprint density at radius 3 is 2.31 bits per heavy atom.